The van der Waals surface area contributed by atoms with Gasteiger partial charge in [0.05, 0.1) is 19.3 Å². The summed E-state index contributed by atoms with van der Waals surface area (Å²) < 4.78 is 17.8. The second kappa shape index (κ2) is 13.5. The molecular formula is C26H35ClFN3O3. The molecule has 3 atom stereocenters. The molecule has 1 fully saturated rings. The number of hydrogen-bond donors (Lipinski definition) is 3. The quantitative estimate of drug-likeness (QED) is 0.376. The smallest absolute Gasteiger partial charge is 0.315 e. The van der Waals surface area contributed by atoms with Gasteiger partial charge in [-0.2, -0.15) is 0 Å². The van der Waals surface area contributed by atoms with E-state index in [0.29, 0.717) is 54.8 Å². The third-order valence-electron chi connectivity index (χ3n) is 6.05. The number of unbranched alkanes of at least 4 members (excludes halogenated alkanes) is 1. The normalized spacial score (nSPS) is 17.8. The first-order chi connectivity index (χ1) is 16.4. The van der Waals surface area contributed by atoms with Gasteiger partial charge in [0, 0.05) is 24.7 Å². The number of aliphatic hydroxyl groups is 1. The fourth-order valence-corrected chi connectivity index (χ4v) is 4.20. The maximum atomic E-state index is 12.7. The Hall–Kier alpha value is -2.35. The second-order valence-corrected chi connectivity index (χ2v) is 9.41. The van der Waals surface area contributed by atoms with Crippen LogP contribution in [0.15, 0.2) is 48.5 Å². The van der Waals surface area contributed by atoms with Crippen molar-refractivity contribution in [3.8, 4) is 5.75 Å². The predicted molar refractivity (Wildman–Crippen MR) is 133 cm³/mol. The zero-order chi connectivity index (χ0) is 24.3. The number of hydrogen-bond acceptors (Lipinski definition) is 4. The molecule has 34 heavy (non-hydrogen) atoms. The monoisotopic (exact) mass is 491 g/mol. The number of ether oxygens (including phenoxy) is 1. The molecule has 0 unspecified atom stereocenters. The van der Waals surface area contributed by atoms with E-state index in [4.69, 9.17) is 16.3 Å². The van der Waals surface area contributed by atoms with E-state index in [1.165, 1.54) is 0 Å². The average Bonchev–Trinajstić information content (AvgIpc) is 3.25. The van der Waals surface area contributed by atoms with E-state index in [-0.39, 0.29) is 12.7 Å². The van der Waals surface area contributed by atoms with E-state index in [1.807, 2.05) is 24.3 Å². The molecule has 2 amide bonds. The van der Waals surface area contributed by atoms with Crippen LogP contribution in [0.25, 0.3) is 0 Å². The second-order valence-electron chi connectivity index (χ2n) is 8.97. The summed E-state index contributed by atoms with van der Waals surface area (Å²) in [6.45, 7) is 5.14. The molecule has 0 saturated carbocycles. The molecule has 0 bridgehead atoms. The van der Waals surface area contributed by atoms with Gasteiger partial charge >= 0.3 is 6.03 Å². The summed E-state index contributed by atoms with van der Waals surface area (Å²) in [5.41, 5.74) is 1.64. The first kappa shape index (κ1) is 26.3. The first-order valence-electron chi connectivity index (χ1n) is 11.9. The van der Waals surface area contributed by atoms with Crippen LogP contribution in [0.5, 0.6) is 5.75 Å². The Balaban J connectivity index is 1.60. The molecule has 8 heteroatoms. The minimum absolute atomic E-state index is 0.334. The number of carbonyl (C=O) groups excluding carboxylic acids is 1. The van der Waals surface area contributed by atoms with Crippen molar-refractivity contribution in [3.63, 3.8) is 0 Å². The molecule has 1 heterocycles. The van der Waals surface area contributed by atoms with Gasteiger partial charge in [-0.25, -0.2) is 4.79 Å². The van der Waals surface area contributed by atoms with E-state index < -0.39 is 12.1 Å². The topological polar surface area (TPSA) is 73.8 Å². The van der Waals surface area contributed by atoms with E-state index in [2.05, 4.69) is 22.5 Å². The average molecular weight is 492 g/mol. The summed E-state index contributed by atoms with van der Waals surface area (Å²) in [6, 6.07) is 13.7. The zero-order valence-electron chi connectivity index (χ0n) is 19.7. The van der Waals surface area contributed by atoms with Gasteiger partial charge in [-0.3, -0.25) is 4.39 Å². The Morgan fingerprint density at radius 2 is 1.94 bits per heavy atom. The van der Waals surface area contributed by atoms with Gasteiger partial charge < -0.3 is 25.4 Å². The van der Waals surface area contributed by atoms with Crippen LogP contribution < -0.4 is 15.4 Å². The van der Waals surface area contributed by atoms with Crippen molar-refractivity contribution in [1.29, 1.82) is 0 Å². The lowest BCUT2D eigenvalue weighted by Gasteiger charge is -2.29. The lowest BCUT2D eigenvalue weighted by atomic mass is 10.0. The van der Waals surface area contributed by atoms with Gasteiger partial charge in [0.2, 0.25) is 0 Å². The number of aliphatic hydroxyl groups excluding tert-OH is 1. The Morgan fingerprint density at radius 3 is 2.59 bits per heavy atom. The lowest BCUT2D eigenvalue weighted by Crippen LogP contribution is -2.50. The van der Waals surface area contributed by atoms with E-state index in [0.717, 1.165) is 25.1 Å². The molecule has 3 rings (SSSR count). The van der Waals surface area contributed by atoms with Crippen molar-refractivity contribution >= 4 is 17.6 Å². The molecular weight excluding hydrogens is 457 g/mol. The predicted octanol–water partition coefficient (Wildman–Crippen LogP) is 4.71. The molecule has 0 radical (unpaired) electrons. The number of likely N-dealkylation sites (tertiary alicyclic amines) is 1. The van der Waals surface area contributed by atoms with Gasteiger partial charge in [0.25, 0.3) is 0 Å². The van der Waals surface area contributed by atoms with Crippen molar-refractivity contribution in [1.82, 2.24) is 15.5 Å². The summed E-state index contributed by atoms with van der Waals surface area (Å²) in [4.78, 5) is 14.9. The standard InChI is InChI=1S/C26H35ClFN3O3/c1-19-12-14-31(17-19)18-24(30-26(33)29-16-20-4-8-22(27)9-5-20)25(32)21-6-10-23(11-7-21)34-15-3-2-13-28/h4-11,19,24-25,32H,2-3,12-18H2,1H3,(H2,29,30,33)/t19-,24-,25-/m1/s1. The molecule has 6 nitrogen and oxygen atoms in total. The molecule has 2 aromatic rings. The third kappa shape index (κ3) is 8.46. The maximum absolute atomic E-state index is 12.7. The van der Waals surface area contributed by atoms with E-state index in [9.17, 15) is 14.3 Å². The Labute approximate surface area is 206 Å². The van der Waals surface area contributed by atoms with Crippen LogP contribution in [0.2, 0.25) is 5.02 Å². The SMILES string of the molecule is C[C@@H]1CCN(C[C@@H](NC(=O)NCc2ccc(Cl)cc2)[C@H](O)c2ccc(OCCCCF)cc2)C1. The Kier molecular flexibility index (Phi) is 10.4. The highest BCUT2D eigenvalue weighted by atomic mass is 35.5. The third-order valence-corrected chi connectivity index (χ3v) is 6.30. The number of nitrogens with one attached hydrogen (secondary N) is 2. The van der Waals surface area contributed by atoms with Crippen LogP contribution in [-0.4, -0.2) is 55.0 Å². The summed E-state index contributed by atoms with van der Waals surface area (Å²) in [6.07, 6.45) is 1.38. The van der Waals surface area contributed by atoms with Crippen LogP contribution in [0, 0.1) is 5.92 Å². The van der Waals surface area contributed by atoms with E-state index >= 15 is 0 Å². The van der Waals surface area contributed by atoms with Crippen molar-refractivity contribution in [2.75, 3.05) is 32.9 Å². The van der Waals surface area contributed by atoms with Crippen molar-refractivity contribution < 1.29 is 19.0 Å². The van der Waals surface area contributed by atoms with Gasteiger partial charge in [-0.05, 0) is 67.1 Å². The summed E-state index contributed by atoms with van der Waals surface area (Å²) in [5, 5.41) is 17.6. The molecule has 3 N–H and O–H groups in total. The van der Waals surface area contributed by atoms with Crippen molar-refractivity contribution in [3.05, 3.63) is 64.7 Å². The minimum atomic E-state index is -0.877. The highest BCUT2D eigenvalue weighted by Gasteiger charge is 2.28. The van der Waals surface area contributed by atoms with Crippen LogP contribution in [0.4, 0.5) is 9.18 Å². The maximum Gasteiger partial charge on any atom is 0.315 e. The summed E-state index contributed by atoms with van der Waals surface area (Å²) in [7, 11) is 0. The van der Waals surface area contributed by atoms with Crippen molar-refractivity contribution in [2.45, 2.75) is 44.9 Å². The number of rotatable bonds is 12. The van der Waals surface area contributed by atoms with Gasteiger partial charge in [-0.1, -0.05) is 42.8 Å². The highest BCUT2D eigenvalue weighted by molar-refractivity contribution is 6.30. The number of nitrogens with zero attached hydrogens (tertiary/aromatic N) is 1. The Morgan fingerprint density at radius 1 is 1.21 bits per heavy atom. The van der Waals surface area contributed by atoms with Gasteiger partial charge in [-0.15, -0.1) is 0 Å². The molecule has 0 aromatic heterocycles. The van der Waals surface area contributed by atoms with E-state index in [1.54, 1.807) is 24.3 Å². The minimum Gasteiger partial charge on any atom is -0.494 e. The molecule has 0 aliphatic carbocycles. The number of carbonyl (C=O) groups is 1. The molecule has 2 aromatic carbocycles. The number of amides is 2. The fourth-order valence-electron chi connectivity index (χ4n) is 4.08. The molecule has 1 aliphatic rings. The van der Waals surface area contributed by atoms with Gasteiger partial charge in [0.1, 0.15) is 11.9 Å². The Bertz CT molecular complexity index is 882. The molecule has 0 spiro atoms. The number of benzene rings is 2. The number of halogens is 2. The van der Waals surface area contributed by atoms with Crippen LogP contribution >= 0.6 is 11.6 Å². The summed E-state index contributed by atoms with van der Waals surface area (Å²) >= 11 is 5.92. The number of alkyl halides is 1. The highest BCUT2D eigenvalue weighted by Crippen LogP contribution is 2.23. The first-order valence-corrected chi connectivity index (χ1v) is 12.3. The number of urea groups is 1. The largest absolute Gasteiger partial charge is 0.494 e. The van der Waals surface area contributed by atoms with Gasteiger partial charge in [0.15, 0.2) is 0 Å². The molecule has 1 saturated heterocycles. The zero-order valence-corrected chi connectivity index (χ0v) is 20.4. The van der Waals surface area contributed by atoms with Crippen LogP contribution in [0.3, 0.4) is 0 Å². The van der Waals surface area contributed by atoms with Crippen molar-refractivity contribution in [2.24, 2.45) is 5.92 Å². The fraction of sp³-hybridized carbons (Fsp3) is 0.500. The van der Waals surface area contributed by atoms with Crippen LogP contribution in [-0.2, 0) is 6.54 Å². The molecule has 1 aliphatic heterocycles. The van der Waals surface area contributed by atoms with Crippen LogP contribution in [0.1, 0.15) is 43.4 Å². The molecule has 186 valence electrons. The lowest BCUT2D eigenvalue weighted by molar-refractivity contribution is 0.108. The summed E-state index contributed by atoms with van der Waals surface area (Å²) in [5.74, 6) is 1.28.